The van der Waals surface area contributed by atoms with Gasteiger partial charge in [0.2, 0.25) is 11.7 Å². The molecule has 1 aliphatic heterocycles. The lowest BCUT2D eigenvalue weighted by Crippen LogP contribution is -2.38. The molecule has 1 atom stereocenters. The van der Waals surface area contributed by atoms with Gasteiger partial charge in [0.1, 0.15) is 0 Å². The van der Waals surface area contributed by atoms with Crippen LogP contribution in [0.1, 0.15) is 24.3 Å². The number of nitrogens with zero attached hydrogens (tertiary/aromatic N) is 3. The van der Waals surface area contributed by atoms with Crippen LogP contribution in [0.15, 0.2) is 28.8 Å². The van der Waals surface area contributed by atoms with E-state index in [0.29, 0.717) is 24.8 Å². The molecule has 0 aliphatic carbocycles. The van der Waals surface area contributed by atoms with Gasteiger partial charge in [-0.15, -0.1) is 0 Å². The molecule has 0 radical (unpaired) electrons. The van der Waals surface area contributed by atoms with E-state index in [9.17, 15) is 4.79 Å². The van der Waals surface area contributed by atoms with Crippen LogP contribution in [0.25, 0.3) is 11.4 Å². The van der Waals surface area contributed by atoms with Crippen LogP contribution >= 0.6 is 0 Å². The molecule has 1 N–H and O–H groups in total. The van der Waals surface area contributed by atoms with Crippen molar-refractivity contribution in [2.75, 3.05) is 13.1 Å². The largest absolute Gasteiger partial charge is 0.481 e. The van der Waals surface area contributed by atoms with Gasteiger partial charge in [-0.2, -0.15) is 4.98 Å². The van der Waals surface area contributed by atoms with Crippen LogP contribution in [0.4, 0.5) is 0 Å². The fraction of sp³-hybridized carbons (Fsp3) is 0.438. The second-order valence-electron chi connectivity index (χ2n) is 5.79. The number of carboxylic acids is 1. The monoisotopic (exact) mass is 301 g/mol. The van der Waals surface area contributed by atoms with Crippen molar-refractivity contribution in [2.24, 2.45) is 5.92 Å². The first kappa shape index (κ1) is 14.7. The fourth-order valence-electron chi connectivity index (χ4n) is 2.81. The summed E-state index contributed by atoms with van der Waals surface area (Å²) in [6.07, 6.45) is 1.63. The molecule has 0 bridgehead atoms. The molecule has 1 saturated heterocycles. The van der Waals surface area contributed by atoms with E-state index in [1.165, 1.54) is 0 Å². The van der Waals surface area contributed by atoms with E-state index in [2.05, 4.69) is 15.0 Å². The average molecular weight is 301 g/mol. The molecule has 2 heterocycles. The Hall–Kier alpha value is -2.21. The van der Waals surface area contributed by atoms with Crippen molar-refractivity contribution in [3.63, 3.8) is 0 Å². The molecule has 1 aliphatic rings. The van der Waals surface area contributed by atoms with Gasteiger partial charge in [-0.05, 0) is 32.4 Å². The van der Waals surface area contributed by atoms with Gasteiger partial charge in [0.05, 0.1) is 12.5 Å². The van der Waals surface area contributed by atoms with Crippen molar-refractivity contribution in [1.82, 2.24) is 15.0 Å². The lowest BCUT2D eigenvalue weighted by Gasteiger charge is -2.29. The summed E-state index contributed by atoms with van der Waals surface area (Å²) in [6.45, 7) is 3.93. The van der Waals surface area contributed by atoms with Gasteiger partial charge in [-0.25, -0.2) is 0 Å². The quantitative estimate of drug-likeness (QED) is 0.933. The second-order valence-corrected chi connectivity index (χ2v) is 5.79. The van der Waals surface area contributed by atoms with Crippen molar-refractivity contribution >= 4 is 5.97 Å². The highest BCUT2D eigenvalue weighted by atomic mass is 16.5. The van der Waals surface area contributed by atoms with E-state index in [0.717, 1.165) is 30.5 Å². The zero-order valence-electron chi connectivity index (χ0n) is 12.5. The summed E-state index contributed by atoms with van der Waals surface area (Å²) in [4.78, 5) is 17.6. The van der Waals surface area contributed by atoms with Crippen molar-refractivity contribution in [2.45, 2.75) is 26.3 Å². The first-order chi connectivity index (χ1) is 10.6. The molecule has 1 unspecified atom stereocenters. The molecule has 0 amide bonds. The number of hydrogen-bond donors (Lipinski definition) is 1. The first-order valence-electron chi connectivity index (χ1n) is 7.46. The second kappa shape index (κ2) is 6.27. The third kappa shape index (κ3) is 3.33. The summed E-state index contributed by atoms with van der Waals surface area (Å²) in [6, 6.07) is 7.94. The van der Waals surface area contributed by atoms with Gasteiger partial charge in [-0.3, -0.25) is 9.69 Å². The summed E-state index contributed by atoms with van der Waals surface area (Å²) >= 11 is 0. The van der Waals surface area contributed by atoms with E-state index < -0.39 is 5.97 Å². The summed E-state index contributed by atoms with van der Waals surface area (Å²) in [5, 5.41) is 13.1. The topological polar surface area (TPSA) is 79.5 Å². The Balaban J connectivity index is 1.68. The van der Waals surface area contributed by atoms with Crippen LogP contribution in [-0.4, -0.2) is 39.2 Å². The number of carboxylic acid groups (broad SMARTS) is 1. The van der Waals surface area contributed by atoms with E-state index in [4.69, 9.17) is 9.63 Å². The smallest absolute Gasteiger partial charge is 0.307 e. The molecule has 2 aromatic rings. The molecule has 3 rings (SSSR count). The molecule has 6 heteroatoms. The minimum atomic E-state index is -0.726. The molecule has 116 valence electrons. The van der Waals surface area contributed by atoms with Crippen molar-refractivity contribution in [3.8, 4) is 11.4 Å². The minimum Gasteiger partial charge on any atom is -0.481 e. The fourth-order valence-corrected chi connectivity index (χ4v) is 2.81. The number of benzene rings is 1. The molecule has 0 saturated carbocycles. The highest BCUT2D eigenvalue weighted by Crippen LogP contribution is 2.20. The molecule has 1 aromatic carbocycles. The molecular weight excluding hydrogens is 282 g/mol. The predicted molar refractivity (Wildman–Crippen MR) is 80.1 cm³/mol. The Labute approximate surface area is 128 Å². The van der Waals surface area contributed by atoms with Crippen LogP contribution in [0.3, 0.4) is 0 Å². The first-order valence-corrected chi connectivity index (χ1v) is 7.46. The zero-order valence-corrected chi connectivity index (χ0v) is 12.5. The number of rotatable bonds is 4. The van der Waals surface area contributed by atoms with Crippen LogP contribution in [-0.2, 0) is 11.3 Å². The molecule has 22 heavy (non-hydrogen) atoms. The minimum absolute atomic E-state index is 0.298. The van der Waals surface area contributed by atoms with Crippen LogP contribution < -0.4 is 0 Å². The summed E-state index contributed by atoms with van der Waals surface area (Å²) in [5.41, 5.74) is 2.07. The number of aryl methyl sites for hydroxylation is 1. The number of likely N-dealkylation sites (tertiary alicyclic amines) is 1. The Bertz CT molecular complexity index is 668. The Morgan fingerprint density at radius 2 is 2.36 bits per heavy atom. The Kier molecular flexibility index (Phi) is 4.20. The number of aromatic nitrogens is 2. The van der Waals surface area contributed by atoms with Gasteiger partial charge in [0, 0.05) is 12.1 Å². The standard InChI is InChI=1S/C16H19N3O3/c1-11-4-2-5-12(8-11)15-17-14(22-18-15)10-19-7-3-6-13(9-19)16(20)21/h2,4-5,8,13H,3,6-7,9-10H2,1H3,(H,20,21). The Morgan fingerprint density at radius 3 is 3.14 bits per heavy atom. The van der Waals surface area contributed by atoms with Crippen LogP contribution in [0.5, 0.6) is 0 Å². The third-order valence-electron chi connectivity index (χ3n) is 3.96. The average Bonchev–Trinajstić information content (AvgIpc) is 2.96. The summed E-state index contributed by atoms with van der Waals surface area (Å²) in [7, 11) is 0. The molecule has 0 spiro atoms. The number of piperidine rings is 1. The van der Waals surface area contributed by atoms with E-state index >= 15 is 0 Å². The van der Waals surface area contributed by atoms with Gasteiger partial charge in [0.25, 0.3) is 0 Å². The lowest BCUT2D eigenvalue weighted by atomic mass is 9.98. The maximum Gasteiger partial charge on any atom is 0.307 e. The maximum absolute atomic E-state index is 11.1. The van der Waals surface area contributed by atoms with Crippen LogP contribution in [0, 0.1) is 12.8 Å². The van der Waals surface area contributed by atoms with Crippen molar-refractivity contribution in [3.05, 3.63) is 35.7 Å². The van der Waals surface area contributed by atoms with Gasteiger partial charge >= 0.3 is 5.97 Å². The van der Waals surface area contributed by atoms with Crippen LogP contribution in [0.2, 0.25) is 0 Å². The summed E-state index contributed by atoms with van der Waals surface area (Å²) in [5.74, 6) is 0.0802. The van der Waals surface area contributed by atoms with E-state index in [1.807, 2.05) is 31.2 Å². The van der Waals surface area contributed by atoms with E-state index in [-0.39, 0.29) is 5.92 Å². The molecule has 6 nitrogen and oxygen atoms in total. The zero-order chi connectivity index (χ0) is 15.5. The number of aliphatic carboxylic acids is 1. The SMILES string of the molecule is Cc1cccc(-c2noc(CN3CCCC(C(=O)O)C3)n2)c1. The van der Waals surface area contributed by atoms with Gasteiger partial charge in [0.15, 0.2) is 0 Å². The van der Waals surface area contributed by atoms with Gasteiger partial charge in [-0.1, -0.05) is 28.9 Å². The van der Waals surface area contributed by atoms with Gasteiger partial charge < -0.3 is 9.63 Å². The highest BCUT2D eigenvalue weighted by Gasteiger charge is 2.26. The molecule has 1 fully saturated rings. The summed E-state index contributed by atoms with van der Waals surface area (Å²) < 4.78 is 5.31. The van der Waals surface area contributed by atoms with E-state index in [1.54, 1.807) is 0 Å². The van der Waals surface area contributed by atoms with Crippen molar-refractivity contribution in [1.29, 1.82) is 0 Å². The normalized spacial score (nSPS) is 19.2. The molecular formula is C16H19N3O3. The number of carbonyl (C=O) groups is 1. The molecule has 1 aromatic heterocycles. The predicted octanol–water partition coefficient (Wildman–Crippen LogP) is 2.34. The highest BCUT2D eigenvalue weighted by molar-refractivity contribution is 5.70. The maximum atomic E-state index is 11.1. The lowest BCUT2D eigenvalue weighted by molar-refractivity contribution is -0.143. The Morgan fingerprint density at radius 1 is 1.50 bits per heavy atom. The van der Waals surface area contributed by atoms with Crippen molar-refractivity contribution < 1.29 is 14.4 Å². The third-order valence-corrected chi connectivity index (χ3v) is 3.96. The number of hydrogen-bond acceptors (Lipinski definition) is 5.